The van der Waals surface area contributed by atoms with Gasteiger partial charge in [0.05, 0.1) is 28.5 Å². The first-order valence-electron chi connectivity index (χ1n) is 13.5. The Labute approximate surface area is 227 Å². The van der Waals surface area contributed by atoms with Crippen LogP contribution in [0, 0.1) is 12.3 Å². The van der Waals surface area contributed by atoms with Gasteiger partial charge in [0.1, 0.15) is 5.82 Å². The molecule has 7 nitrogen and oxygen atoms in total. The lowest BCUT2D eigenvalue weighted by atomic mass is 9.59. The van der Waals surface area contributed by atoms with Crippen molar-refractivity contribution in [3.63, 3.8) is 0 Å². The lowest BCUT2D eigenvalue weighted by Crippen LogP contribution is -2.49. The average Bonchev–Trinajstić information content (AvgIpc) is 3.53. The number of amides is 2. The maximum absolute atomic E-state index is 13.7. The fourth-order valence-electron chi connectivity index (χ4n) is 6.76. The first kappa shape index (κ1) is 23.9. The maximum atomic E-state index is 13.7. The average molecular weight is 519 g/mol. The van der Waals surface area contributed by atoms with Crippen molar-refractivity contribution < 1.29 is 14.3 Å². The van der Waals surface area contributed by atoms with E-state index in [4.69, 9.17) is 4.74 Å². The number of aromatic amines is 1. The molecule has 3 aliphatic heterocycles. The first-order chi connectivity index (χ1) is 18.9. The van der Waals surface area contributed by atoms with Gasteiger partial charge < -0.3 is 19.9 Å². The van der Waals surface area contributed by atoms with Crippen LogP contribution in [-0.2, 0) is 16.0 Å². The number of aromatic nitrogens is 2. The third-order valence-electron chi connectivity index (χ3n) is 8.40. The number of carbonyl (C=O) groups excluding carboxylic acids is 2. The largest absolute Gasteiger partial charge is 0.366 e. The molecule has 196 valence electrons. The summed E-state index contributed by atoms with van der Waals surface area (Å²) in [7, 11) is 0. The van der Waals surface area contributed by atoms with Gasteiger partial charge in [-0.2, -0.15) is 0 Å². The number of carbonyl (C=O) groups is 2. The number of hydrogen-bond acceptors (Lipinski definition) is 4. The van der Waals surface area contributed by atoms with Crippen molar-refractivity contribution in [3.05, 3.63) is 102 Å². The lowest BCUT2D eigenvalue weighted by molar-refractivity contribution is -0.130. The minimum Gasteiger partial charge on any atom is -0.366 e. The second-order valence-electron chi connectivity index (χ2n) is 11.3. The minimum absolute atomic E-state index is 0.0317. The van der Waals surface area contributed by atoms with Crippen LogP contribution in [0.25, 0.3) is 11.3 Å². The van der Waals surface area contributed by atoms with E-state index < -0.39 is 5.41 Å². The van der Waals surface area contributed by atoms with Gasteiger partial charge in [-0.25, -0.2) is 4.98 Å². The Morgan fingerprint density at radius 3 is 2.49 bits per heavy atom. The molecule has 1 aromatic heterocycles. The summed E-state index contributed by atoms with van der Waals surface area (Å²) in [6, 6.07) is 25.1. The van der Waals surface area contributed by atoms with E-state index in [0.717, 1.165) is 34.0 Å². The highest BCUT2D eigenvalue weighted by atomic mass is 16.5. The molecule has 2 saturated heterocycles. The highest BCUT2D eigenvalue weighted by molar-refractivity contribution is 6.08. The number of H-pyrrole nitrogens is 1. The molecule has 7 heteroatoms. The zero-order valence-corrected chi connectivity index (χ0v) is 22.0. The fraction of sp³-hybridized carbons (Fsp3) is 0.281. The fourth-order valence-corrected chi connectivity index (χ4v) is 6.76. The third kappa shape index (κ3) is 3.80. The van der Waals surface area contributed by atoms with Crippen LogP contribution in [-0.4, -0.2) is 33.9 Å². The van der Waals surface area contributed by atoms with E-state index in [1.54, 1.807) is 12.1 Å². The minimum atomic E-state index is -0.581. The van der Waals surface area contributed by atoms with Gasteiger partial charge in [0.15, 0.2) is 0 Å². The smallest absolute Gasteiger partial charge is 0.258 e. The highest BCUT2D eigenvalue weighted by Gasteiger charge is 2.69. The Bertz CT molecular complexity index is 1590. The number of anilines is 2. The number of hydrogen-bond donors (Lipinski definition) is 2. The van der Waals surface area contributed by atoms with Gasteiger partial charge in [0, 0.05) is 35.5 Å². The number of imidazole rings is 1. The van der Waals surface area contributed by atoms with E-state index in [2.05, 4.69) is 22.2 Å². The Morgan fingerprint density at radius 2 is 1.72 bits per heavy atom. The molecule has 2 N–H and O–H groups in total. The summed E-state index contributed by atoms with van der Waals surface area (Å²) in [5.41, 5.74) is 5.19. The second kappa shape index (κ2) is 8.64. The number of aryl methyl sites for hydroxylation is 1. The van der Waals surface area contributed by atoms with Gasteiger partial charge in [-0.1, -0.05) is 48.5 Å². The summed E-state index contributed by atoms with van der Waals surface area (Å²) in [6.45, 7) is 4.58. The zero-order chi connectivity index (χ0) is 26.8. The molecule has 0 radical (unpaired) electrons. The van der Waals surface area contributed by atoms with Gasteiger partial charge in [0.25, 0.3) is 5.91 Å². The van der Waals surface area contributed by atoms with E-state index in [-0.39, 0.29) is 23.5 Å². The molecule has 1 aliphatic carbocycles. The number of para-hydroxylation sites is 1. The molecule has 1 saturated carbocycles. The van der Waals surface area contributed by atoms with Crippen LogP contribution in [0.2, 0.25) is 0 Å². The van der Waals surface area contributed by atoms with Gasteiger partial charge in [-0.15, -0.1) is 0 Å². The molecule has 3 aromatic carbocycles. The Balaban J connectivity index is 1.11. The van der Waals surface area contributed by atoms with Gasteiger partial charge in [-0.3, -0.25) is 9.59 Å². The number of nitrogens with zero attached hydrogens (tertiary/aromatic N) is 2. The van der Waals surface area contributed by atoms with Crippen LogP contribution in [0.4, 0.5) is 11.4 Å². The van der Waals surface area contributed by atoms with E-state index in [1.807, 2.05) is 78.6 Å². The first-order valence-corrected chi connectivity index (χ1v) is 13.5. The molecular formula is C32H30N4O3. The molecule has 4 aromatic rings. The molecule has 39 heavy (non-hydrogen) atoms. The van der Waals surface area contributed by atoms with Crippen molar-refractivity contribution in [2.45, 2.75) is 44.8 Å². The van der Waals surface area contributed by atoms with Crippen LogP contribution < -0.4 is 10.2 Å². The predicted octanol–water partition coefficient (Wildman–Crippen LogP) is 5.84. The second-order valence-corrected chi connectivity index (χ2v) is 11.3. The summed E-state index contributed by atoms with van der Waals surface area (Å²) >= 11 is 0. The van der Waals surface area contributed by atoms with Crippen LogP contribution in [0.15, 0.2) is 78.9 Å². The normalized spacial score (nSPS) is 24.8. The lowest BCUT2D eigenvalue weighted by Gasteiger charge is -2.42. The summed E-state index contributed by atoms with van der Waals surface area (Å²) in [4.78, 5) is 37.1. The van der Waals surface area contributed by atoms with Crippen molar-refractivity contribution in [3.8, 4) is 11.3 Å². The molecule has 1 atom stereocenters. The Hall–Kier alpha value is -4.23. The summed E-state index contributed by atoms with van der Waals surface area (Å²) in [5.74, 6) is 0.761. The molecular weight excluding hydrogens is 488 g/mol. The van der Waals surface area contributed by atoms with Crippen molar-refractivity contribution in [2.24, 2.45) is 5.41 Å². The quantitative estimate of drug-likeness (QED) is 0.356. The summed E-state index contributed by atoms with van der Waals surface area (Å²) in [6.07, 6.45) is 1.83. The van der Waals surface area contributed by atoms with Crippen LogP contribution in [0.5, 0.6) is 0 Å². The van der Waals surface area contributed by atoms with Crippen LogP contribution >= 0.6 is 0 Å². The molecule has 2 bridgehead atoms. The molecule has 3 fully saturated rings. The number of benzene rings is 3. The van der Waals surface area contributed by atoms with E-state index in [0.29, 0.717) is 37.1 Å². The molecule has 2 amide bonds. The van der Waals surface area contributed by atoms with Crippen molar-refractivity contribution in [2.75, 3.05) is 16.8 Å². The third-order valence-corrected chi connectivity index (χ3v) is 8.40. The number of nitrogens with one attached hydrogen (secondary N) is 2. The summed E-state index contributed by atoms with van der Waals surface area (Å²) in [5, 5.41) is 3.11. The molecule has 8 rings (SSSR count). The van der Waals surface area contributed by atoms with Gasteiger partial charge in [0.2, 0.25) is 5.91 Å². The Kier molecular flexibility index (Phi) is 5.29. The monoisotopic (exact) mass is 518 g/mol. The molecule has 4 aliphatic rings. The summed E-state index contributed by atoms with van der Waals surface area (Å²) < 4.78 is 6.33. The topological polar surface area (TPSA) is 87.3 Å². The highest BCUT2D eigenvalue weighted by Crippen LogP contribution is 2.67. The van der Waals surface area contributed by atoms with Crippen molar-refractivity contribution in [1.29, 1.82) is 0 Å². The SMILES string of the molecule is Cc1nc2c([nH]1)CCN(C(=O)c1ccc(NC(=O)C34CC(C)(C3)OC4c3ccccc3)cc1)c1ccccc1-2. The number of ether oxygens (including phenoxy) is 1. The van der Waals surface area contributed by atoms with E-state index in [1.165, 1.54) is 0 Å². The van der Waals surface area contributed by atoms with Crippen molar-refractivity contribution in [1.82, 2.24) is 9.97 Å². The van der Waals surface area contributed by atoms with E-state index in [9.17, 15) is 9.59 Å². The van der Waals surface area contributed by atoms with Crippen LogP contribution in [0.3, 0.4) is 0 Å². The maximum Gasteiger partial charge on any atom is 0.258 e. The predicted molar refractivity (Wildman–Crippen MR) is 150 cm³/mol. The Morgan fingerprint density at radius 1 is 1.00 bits per heavy atom. The standard InChI is InChI=1S/C32H30N4O3/c1-20-33-25-16-17-36(26-11-7-6-10-24(26)27(25)34-20)29(37)22-12-14-23(15-13-22)35-30(38)32-18-31(2,19-32)39-28(32)21-8-4-3-5-9-21/h3-15,28H,16-19H2,1-2H3,(H,33,34)(H,35,38). The molecule has 4 heterocycles. The molecule has 0 spiro atoms. The molecule has 1 unspecified atom stereocenters. The number of rotatable bonds is 4. The number of fused-ring (bicyclic) bond motifs is 4. The van der Waals surface area contributed by atoms with E-state index >= 15 is 0 Å². The van der Waals surface area contributed by atoms with Crippen LogP contribution in [0.1, 0.15) is 53.3 Å². The van der Waals surface area contributed by atoms with Crippen molar-refractivity contribution >= 4 is 23.2 Å². The van der Waals surface area contributed by atoms with Gasteiger partial charge in [-0.05, 0) is 62.6 Å². The zero-order valence-electron chi connectivity index (χ0n) is 22.0. The van der Waals surface area contributed by atoms with Gasteiger partial charge >= 0.3 is 0 Å².